The van der Waals surface area contributed by atoms with Crippen LogP contribution in [-0.2, 0) is 32.4 Å². The predicted octanol–water partition coefficient (Wildman–Crippen LogP) is 8.24. The van der Waals surface area contributed by atoms with E-state index < -0.39 is 0 Å². The van der Waals surface area contributed by atoms with Gasteiger partial charge in [-0.3, -0.25) is 4.98 Å². The summed E-state index contributed by atoms with van der Waals surface area (Å²) in [6, 6.07) is 6.72. The molecule has 0 atom stereocenters. The number of hydrogen-bond acceptors (Lipinski definition) is 1. The fourth-order valence-electron chi connectivity index (χ4n) is 3.99. The normalized spacial score (nSPS) is 13.9. The van der Waals surface area contributed by atoms with Crippen LogP contribution in [-0.4, -0.2) is 25.6 Å². The Labute approximate surface area is 186 Å². The maximum absolute atomic E-state index is 5.14. The van der Waals surface area contributed by atoms with E-state index >= 15 is 0 Å². The van der Waals surface area contributed by atoms with Crippen molar-refractivity contribution in [1.82, 2.24) is 4.98 Å². The van der Waals surface area contributed by atoms with Gasteiger partial charge < -0.3 is 0 Å². The van der Waals surface area contributed by atoms with Crippen molar-refractivity contribution in [2.75, 3.05) is 0 Å². The molecular formula is C23H43IrNP2. The Morgan fingerprint density at radius 2 is 0.852 bits per heavy atom. The van der Waals surface area contributed by atoms with E-state index in [4.69, 9.17) is 4.98 Å². The summed E-state index contributed by atoms with van der Waals surface area (Å²) < 4.78 is 0. The van der Waals surface area contributed by atoms with Crippen LogP contribution in [0, 0.1) is 0 Å². The summed E-state index contributed by atoms with van der Waals surface area (Å²) in [5.41, 5.74) is 2.58. The van der Waals surface area contributed by atoms with Crippen molar-refractivity contribution in [2.24, 2.45) is 0 Å². The van der Waals surface area contributed by atoms with Crippen molar-refractivity contribution in [3.05, 3.63) is 29.6 Å². The molecule has 1 radical (unpaired) electrons. The molecule has 0 fully saturated rings. The summed E-state index contributed by atoms with van der Waals surface area (Å²) in [7, 11) is -0.308. The first kappa shape index (κ1) is 27.7. The zero-order valence-corrected chi connectivity index (χ0v) is 24.0. The van der Waals surface area contributed by atoms with Crippen LogP contribution in [0.15, 0.2) is 18.2 Å². The van der Waals surface area contributed by atoms with Crippen LogP contribution in [0.1, 0.15) is 94.5 Å². The molecule has 27 heavy (non-hydrogen) atoms. The smallest absolute Gasteiger partial charge is 0.0450 e. The number of aromatic nitrogens is 1. The van der Waals surface area contributed by atoms with Gasteiger partial charge in [-0.1, -0.05) is 105 Å². The third kappa shape index (κ3) is 8.91. The van der Waals surface area contributed by atoms with Gasteiger partial charge in [0.05, 0.1) is 0 Å². The van der Waals surface area contributed by atoms with E-state index in [1.165, 1.54) is 11.4 Å². The SMILES string of the molecule is CC(C)(C)P(Cc1cccc(CP(C(C)(C)C)C(C)(C)C)n1)C(C)(C)C.[Ir]. The Hall–Kier alpha value is 0.659. The van der Waals surface area contributed by atoms with Gasteiger partial charge in [0.15, 0.2) is 0 Å². The largest absolute Gasteiger partial charge is 0.257 e. The van der Waals surface area contributed by atoms with Crippen LogP contribution in [0.5, 0.6) is 0 Å². The van der Waals surface area contributed by atoms with E-state index in [0.717, 1.165) is 12.3 Å². The molecule has 0 saturated heterocycles. The average Bonchev–Trinajstić information content (AvgIpc) is 2.37. The Balaban J connectivity index is 0.00000676. The van der Waals surface area contributed by atoms with Gasteiger partial charge in [0.1, 0.15) is 0 Å². The molecular weight excluding hydrogens is 544 g/mol. The molecule has 0 spiro atoms. The minimum Gasteiger partial charge on any atom is -0.257 e. The molecule has 0 saturated carbocycles. The second-order valence-corrected chi connectivity index (χ2v) is 19.2. The van der Waals surface area contributed by atoms with Gasteiger partial charge >= 0.3 is 0 Å². The summed E-state index contributed by atoms with van der Waals surface area (Å²) in [5.74, 6) is 0. The topological polar surface area (TPSA) is 12.9 Å². The van der Waals surface area contributed by atoms with Crippen LogP contribution in [0.2, 0.25) is 0 Å². The van der Waals surface area contributed by atoms with E-state index in [1.54, 1.807) is 0 Å². The van der Waals surface area contributed by atoms with Gasteiger partial charge in [0.2, 0.25) is 0 Å². The molecule has 1 aromatic heterocycles. The first-order valence-electron chi connectivity index (χ1n) is 9.93. The zero-order chi connectivity index (χ0) is 20.6. The van der Waals surface area contributed by atoms with Crippen molar-refractivity contribution < 1.29 is 20.1 Å². The molecule has 0 amide bonds. The van der Waals surface area contributed by atoms with E-state index in [-0.39, 0.29) is 35.9 Å². The van der Waals surface area contributed by atoms with Crippen molar-refractivity contribution in [1.29, 1.82) is 0 Å². The number of nitrogens with zero attached hydrogens (tertiary/aromatic N) is 1. The second-order valence-electron chi connectivity index (χ2n) is 11.5. The van der Waals surface area contributed by atoms with E-state index in [9.17, 15) is 0 Å². The maximum atomic E-state index is 5.14. The van der Waals surface area contributed by atoms with Crippen LogP contribution in [0.4, 0.5) is 0 Å². The van der Waals surface area contributed by atoms with Crippen molar-refractivity contribution in [3.63, 3.8) is 0 Å². The molecule has 1 aromatic rings. The first-order valence-corrected chi connectivity index (χ1v) is 13.0. The van der Waals surface area contributed by atoms with Gasteiger partial charge in [-0.05, 0) is 32.8 Å². The zero-order valence-electron chi connectivity index (χ0n) is 19.8. The van der Waals surface area contributed by atoms with Gasteiger partial charge in [0.25, 0.3) is 0 Å². The number of hydrogen-bond donors (Lipinski definition) is 0. The molecule has 1 nitrogen and oxygen atoms in total. The van der Waals surface area contributed by atoms with Crippen LogP contribution in [0.3, 0.4) is 0 Å². The standard InChI is InChI=1S/C23H43NP2.Ir/c1-20(2,3)25(21(4,5)6)16-18-14-13-15-19(24-18)17-26(22(7,8)9)23(10,11)12;/h13-15H,16-17H2,1-12H3;. The van der Waals surface area contributed by atoms with Crippen molar-refractivity contribution in [2.45, 2.75) is 116 Å². The fraction of sp³-hybridized carbons (Fsp3) is 0.783. The van der Waals surface area contributed by atoms with E-state index in [0.29, 0.717) is 20.6 Å². The minimum atomic E-state index is -0.154. The van der Waals surface area contributed by atoms with Crippen molar-refractivity contribution >= 4 is 15.8 Å². The molecule has 0 N–H and O–H groups in total. The summed E-state index contributed by atoms with van der Waals surface area (Å²) in [5, 5.41) is 1.37. The molecule has 1 heterocycles. The summed E-state index contributed by atoms with van der Waals surface area (Å²) >= 11 is 0. The predicted molar refractivity (Wildman–Crippen MR) is 124 cm³/mol. The molecule has 4 heteroatoms. The molecule has 0 unspecified atom stereocenters. The second kappa shape index (κ2) is 9.65. The third-order valence-electron chi connectivity index (χ3n) is 4.74. The van der Waals surface area contributed by atoms with E-state index in [1.807, 2.05) is 0 Å². The summed E-state index contributed by atoms with van der Waals surface area (Å²) in [6.07, 6.45) is 2.25. The molecule has 0 bridgehead atoms. The van der Waals surface area contributed by atoms with Gasteiger partial charge in [-0.2, -0.15) is 0 Å². The quantitative estimate of drug-likeness (QED) is 0.324. The number of rotatable bonds is 4. The molecule has 0 aliphatic rings. The summed E-state index contributed by atoms with van der Waals surface area (Å²) in [6.45, 7) is 28.7. The van der Waals surface area contributed by atoms with Gasteiger partial charge in [-0.15, -0.1) is 0 Å². The Morgan fingerprint density at radius 3 is 1.07 bits per heavy atom. The molecule has 1 rings (SSSR count). The number of pyridine rings is 1. The van der Waals surface area contributed by atoms with Crippen molar-refractivity contribution in [3.8, 4) is 0 Å². The summed E-state index contributed by atoms with van der Waals surface area (Å²) in [4.78, 5) is 5.14. The fourth-order valence-corrected chi connectivity index (χ4v) is 10.9. The van der Waals surface area contributed by atoms with Crippen LogP contribution < -0.4 is 0 Å². The average molecular weight is 588 g/mol. The Bertz CT molecular complexity index is 509. The molecule has 0 aliphatic carbocycles. The maximum Gasteiger partial charge on any atom is 0.0450 e. The van der Waals surface area contributed by atoms with Crippen LogP contribution in [0.25, 0.3) is 0 Å². The first-order chi connectivity index (χ1) is 11.4. The molecule has 0 aliphatic heterocycles. The van der Waals surface area contributed by atoms with E-state index in [2.05, 4.69) is 101 Å². The molecule has 0 aromatic carbocycles. The molecule has 159 valence electrons. The third-order valence-corrected chi connectivity index (χ3v) is 12.5. The van der Waals surface area contributed by atoms with Gasteiger partial charge in [-0.25, -0.2) is 0 Å². The van der Waals surface area contributed by atoms with Gasteiger partial charge in [0, 0.05) is 43.8 Å². The van der Waals surface area contributed by atoms with Crippen LogP contribution >= 0.6 is 15.8 Å². The monoisotopic (exact) mass is 588 g/mol. The Kier molecular flexibility index (Phi) is 9.88. The Morgan fingerprint density at radius 1 is 0.593 bits per heavy atom. The minimum absolute atomic E-state index is 0.